The molecule has 0 N–H and O–H groups in total. The van der Waals surface area contributed by atoms with E-state index in [0.717, 1.165) is 5.56 Å². The molecule has 0 aliphatic rings. The highest BCUT2D eigenvalue weighted by molar-refractivity contribution is 7.77. The third kappa shape index (κ3) is 5.65. The Kier molecular flexibility index (Phi) is 4.55. The lowest BCUT2D eigenvalue weighted by molar-refractivity contribution is 0.309. The molecule has 0 saturated carbocycles. The van der Waals surface area contributed by atoms with Crippen molar-refractivity contribution in [1.82, 2.24) is 0 Å². The second-order valence-electron chi connectivity index (χ2n) is 4.49. The molecule has 3 nitrogen and oxygen atoms in total. The first-order valence-electron chi connectivity index (χ1n) is 5.07. The molecule has 0 aliphatic heterocycles. The van der Waals surface area contributed by atoms with Crippen LogP contribution in [0.15, 0.2) is 30.3 Å². The van der Waals surface area contributed by atoms with Gasteiger partial charge in [-0.2, -0.15) is 0 Å². The molecule has 0 aromatic heterocycles. The third-order valence-corrected chi connectivity index (χ3v) is 7.40. The van der Waals surface area contributed by atoms with Crippen LogP contribution in [0.2, 0.25) is 0 Å². The Bertz CT molecular complexity index is 422. The summed E-state index contributed by atoms with van der Waals surface area (Å²) in [6.45, 7) is 5.13. The first-order valence-corrected chi connectivity index (χ1v) is 10.1. The fourth-order valence-electron chi connectivity index (χ4n) is 1.44. The quantitative estimate of drug-likeness (QED) is 0.758. The van der Waals surface area contributed by atoms with E-state index in [2.05, 4.69) is 0 Å². The molecule has 0 heterocycles. The van der Waals surface area contributed by atoms with Gasteiger partial charge in [-0.3, -0.25) is 4.57 Å². The Balaban J connectivity index is 2.55. The van der Waals surface area contributed by atoms with Crippen molar-refractivity contribution in [3.05, 3.63) is 35.9 Å². The maximum atomic E-state index is 12.0. The van der Waals surface area contributed by atoms with Crippen LogP contribution in [0.4, 0.5) is 0 Å². The Labute approximate surface area is 97.0 Å². The molecular weight excluding hydrogens is 242 g/mol. The van der Waals surface area contributed by atoms with E-state index in [1.165, 1.54) is 0 Å². The van der Waals surface area contributed by atoms with Gasteiger partial charge in [-0.1, -0.05) is 30.3 Å². The molecule has 0 amide bonds. The highest BCUT2D eigenvalue weighted by atomic mass is 31.2. The SMILES string of the molecule is CP(C)(=O)CP(C)(=O)OCc1ccccc1. The summed E-state index contributed by atoms with van der Waals surface area (Å²) >= 11 is 0. The Morgan fingerprint density at radius 1 is 1.06 bits per heavy atom. The van der Waals surface area contributed by atoms with Gasteiger partial charge in [0.1, 0.15) is 0 Å². The van der Waals surface area contributed by atoms with Gasteiger partial charge in [0.05, 0.1) is 19.7 Å². The summed E-state index contributed by atoms with van der Waals surface area (Å²) < 4.78 is 29.0. The lowest BCUT2D eigenvalue weighted by Gasteiger charge is -2.16. The van der Waals surface area contributed by atoms with Crippen molar-refractivity contribution in [1.29, 1.82) is 0 Å². The minimum atomic E-state index is -2.74. The standard InChI is InChI=1S/C11H18O3P2/c1-15(2,12)10-16(3,13)14-9-11-7-5-4-6-8-11/h4-8H,9-10H2,1-3H3. The van der Waals surface area contributed by atoms with Gasteiger partial charge < -0.3 is 9.09 Å². The molecule has 0 bridgehead atoms. The number of benzene rings is 1. The molecule has 1 rings (SSSR count). The Morgan fingerprint density at radius 2 is 1.62 bits per heavy atom. The molecule has 16 heavy (non-hydrogen) atoms. The Hall–Kier alpha value is -0.360. The fraction of sp³-hybridized carbons (Fsp3) is 0.455. The van der Waals surface area contributed by atoms with Crippen molar-refractivity contribution in [3.63, 3.8) is 0 Å². The van der Waals surface area contributed by atoms with Crippen LogP contribution in [0.25, 0.3) is 0 Å². The van der Waals surface area contributed by atoms with Crippen molar-refractivity contribution < 1.29 is 13.7 Å². The van der Waals surface area contributed by atoms with Crippen LogP contribution in [-0.2, 0) is 20.3 Å². The van der Waals surface area contributed by atoms with E-state index in [1.54, 1.807) is 20.0 Å². The second-order valence-corrected chi connectivity index (χ2v) is 11.1. The van der Waals surface area contributed by atoms with Gasteiger partial charge in [0.2, 0.25) is 7.37 Å². The summed E-state index contributed by atoms with van der Waals surface area (Å²) in [6.07, 6.45) is 0. The van der Waals surface area contributed by atoms with Crippen LogP contribution in [0.5, 0.6) is 0 Å². The number of rotatable bonds is 5. The fourth-order valence-corrected chi connectivity index (χ4v) is 7.14. The van der Waals surface area contributed by atoms with E-state index in [0.29, 0.717) is 6.61 Å². The van der Waals surface area contributed by atoms with Crippen LogP contribution in [0.1, 0.15) is 5.56 Å². The van der Waals surface area contributed by atoms with Crippen LogP contribution in [0, 0.1) is 0 Å². The first kappa shape index (κ1) is 13.7. The predicted octanol–water partition coefficient (Wildman–Crippen LogP) is 3.69. The lowest BCUT2D eigenvalue weighted by atomic mass is 10.2. The van der Waals surface area contributed by atoms with Crippen molar-refractivity contribution in [3.8, 4) is 0 Å². The number of hydrogen-bond acceptors (Lipinski definition) is 3. The summed E-state index contributed by atoms with van der Waals surface area (Å²) in [6, 6.07) is 9.56. The highest BCUT2D eigenvalue weighted by Gasteiger charge is 2.23. The summed E-state index contributed by atoms with van der Waals surface area (Å²) in [4.78, 5) is 0. The van der Waals surface area contributed by atoms with Crippen LogP contribution in [0.3, 0.4) is 0 Å². The zero-order valence-electron chi connectivity index (χ0n) is 9.92. The highest BCUT2D eigenvalue weighted by Crippen LogP contribution is 2.56. The van der Waals surface area contributed by atoms with Gasteiger partial charge in [-0.15, -0.1) is 0 Å². The largest absolute Gasteiger partial charge is 0.324 e. The van der Waals surface area contributed by atoms with Crippen LogP contribution >= 0.6 is 14.5 Å². The van der Waals surface area contributed by atoms with E-state index in [1.807, 2.05) is 30.3 Å². The molecule has 5 heteroatoms. The van der Waals surface area contributed by atoms with E-state index in [-0.39, 0.29) is 5.90 Å². The van der Waals surface area contributed by atoms with E-state index < -0.39 is 14.5 Å². The molecule has 1 atom stereocenters. The average Bonchev–Trinajstić information content (AvgIpc) is 2.13. The Morgan fingerprint density at radius 3 is 2.12 bits per heavy atom. The van der Waals surface area contributed by atoms with Crippen molar-refractivity contribution in [2.24, 2.45) is 0 Å². The van der Waals surface area contributed by atoms with Crippen molar-refractivity contribution in [2.45, 2.75) is 6.61 Å². The maximum Gasteiger partial charge on any atom is 0.207 e. The number of hydrogen-bond donors (Lipinski definition) is 0. The summed E-state index contributed by atoms with van der Waals surface area (Å²) in [7, 11) is -5.04. The van der Waals surface area contributed by atoms with Crippen LogP contribution < -0.4 is 0 Å². The zero-order valence-corrected chi connectivity index (χ0v) is 11.7. The molecule has 0 fully saturated rings. The molecule has 0 aliphatic carbocycles. The molecule has 1 aromatic rings. The molecule has 1 aromatic carbocycles. The minimum absolute atomic E-state index is 0.173. The van der Waals surface area contributed by atoms with Gasteiger partial charge >= 0.3 is 0 Å². The zero-order chi connectivity index (χ0) is 12.2. The summed E-state index contributed by atoms with van der Waals surface area (Å²) in [5.74, 6) is 0.173. The van der Waals surface area contributed by atoms with E-state index in [4.69, 9.17) is 4.52 Å². The van der Waals surface area contributed by atoms with E-state index >= 15 is 0 Å². The molecule has 0 saturated heterocycles. The first-order chi connectivity index (χ1) is 7.29. The smallest absolute Gasteiger partial charge is 0.207 e. The second kappa shape index (κ2) is 5.31. The third-order valence-electron chi connectivity index (χ3n) is 1.94. The predicted molar refractivity (Wildman–Crippen MR) is 69.1 cm³/mol. The van der Waals surface area contributed by atoms with Gasteiger partial charge in [-0.25, -0.2) is 0 Å². The summed E-state index contributed by atoms with van der Waals surface area (Å²) in [5, 5.41) is 0. The van der Waals surface area contributed by atoms with Crippen molar-refractivity contribution in [2.75, 3.05) is 25.9 Å². The van der Waals surface area contributed by atoms with Gasteiger partial charge in [0.25, 0.3) is 0 Å². The molecule has 0 spiro atoms. The van der Waals surface area contributed by atoms with Crippen LogP contribution in [-0.4, -0.2) is 25.9 Å². The van der Waals surface area contributed by atoms with Crippen molar-refractivity contribution >= 4 is 14.5 Å². The minimum Gasteiger partial charge on any atom is -0.324 e. The maximum absolute atomic E-state index is 12.0. The normalized spacial score (nSPS) is 15.7. The monoisotopic (exact) mass is 260 g/mol. The van der Waals surface area contributed by atoms with Gasteiger partial charge in [0, 0.05) is 6.66 Å². The molecule has 1 unspecified atom stereocenters. The molecule has 90 valence electrons. The average molecular weight is 260 g/mol. The van der Waals surface area contributed by atoms with E-state index in [9.17, 15) is 9.13 Å². The van der Waals surface area contributed by atoms with Gasteiger partial charge in [0.15, 0.2) is 0 Å². The summed E-state index contributed by atoms with van der Waals surface area (Å²) in [5.41, 5.74) is 0.978. The topological polar surface area (TPSA) is 43.4 Å². The lowest BCUT2D eigenvalue weighted by Crippen LogP contribution is -1.95. The molecule has 0 radical (unpaired) electrons. The van der Waals surface area contributed by atoms with Gasteiger partial charge in [-0.05, 0) is 18.9 Å². The molecular formula is C11H18O3P2.